The molecule has 2 aromatic heterocycles. The van der Waals surface area contributed by atoms with Crippen LogP contribution in [0, 0.1) is 0 Å². The lowest BCUT2D eigenvalue weighted by molar-refractivity contribution is -0.136. The van der Waals surface area contributed by atoms with Crippen LogP contribution in [0.15, 0.2) is 53.9 Å². The normalized spacial score (nSPS) is 14.6. The molecule has 0 bridgehead atoms. The van der Waals surface area contributed by atoms with Crippen LogP contribution in [-0.4, -0.2) is 47.3 Å². The average Bonchev–Trinajstić information content (AvgIpc) is 3.29. The zero-order valence-corrected chi connectivity index (χ0v) is 16.6. The third-order valence-corrected chi connectivity index (χ3v) is 5.68. The summed E-state index contributed by atoms with van der Waals surface area (Å²) in [5.41, 5.74) is -0.305. The van der Waals surface area contributed by atoms with Crippen molar-refractivity contribution < 1.29 is 18.0 Å². The predicted molar refractivity (Wildman–Crippen MR) is 110 cm³/mol. The van der Waals surface area contributed by atoms with Gasteiger partial charge in [0, 0.05) is 26.2 Å². The number of rotatable bonds is 3. The van der Waals surface area contributed by atoms with Gasteiger partial charge in [-0.25, -0.2) is 4.79 Å². The Balaban J connectivity index is 1.36. The van der Waals surface area contributed by atoms with E-state index < -0.39 is 17.8 Å². The molecule has 10 heteroatoms. The van der Waals surface area contributed by atoms with Gasteiger partial charge in [-0.05, 0) is 35.7 Å². The molecule has 1 aliphatic heterocycles. The highest BCUT2D eigenvalue weighted by Crippen LogP contribution is 2.34. The van der Waals surface area contributed by atoms with E-state index in [1.54, 1.807) is 11.3 Å². The van der Waals surface area contributed by atoms with Crippen LogP contribution in [0.5, 0.6) is 0 Å². The van der Waals surface area contributed by atoms with Crippen molar-refractivity contribution in [3.8, 4) is 10.6 Å². The number of piperazine rings is 1. The molecule has 0 atom stereocenters. The lowest BCUT2D eigenvalue weighted by Crippen LogP contribution is -2.50. The summed E-state index contributed by atoms with van der Waals surface area (Å²) in [5, 5.41) is 12.9. The lowest BCUT2D eigenvalue weighted by atomic mass is 10.1. The van der Waals surface area contributed by atoms with Crippen LogP contribution < -0.4 is 10.2 Å². The van der Waals surface area contributed by atoms with Gasteiger partial charge in [-0.1, -0.05) is 18.2 Å². The van der Waals surface area contributed by atoms with Gasteiger partial charge in [0.05, 0.1) is 16.1 Å². The molecule has 6 nitrogen and oxygen atoms in total. The van der Waals surface area contributed by atoms with Gasteiger partial charge in [0.25, 0.3) is 0 Å². The molecule has 1 aromatic carbocycles. The van der Waals surface area contributed by atoms with Crippen molar-refractivity contribution >= 4 is 28.9 Å². The number of nitrogens with zero attached hydrogens (tertiary/aromatic N) is 4. The highest BCUT2D eigenvalue weighted by atomic mass is 32.1. The Labute approximate surface area is 175 Å². The van der Waals surface area contributed by atoms with Gasteiger partial charge >= 0.3 is 12.2 Å². The van der Waals surface area contributed by atoms with E-state index in [1.165, 1.54) is 23.1 Å². The number of benzene rings is 1. The molecule has 4 rings (SSSR count). The molecule has 1 aliphatic rings. The zero-order valence-electron chi connectivity index (χ0n) is 15.8. The first-order valence-electron chi connectivity index (χ1n) is 9.26. The topological polar surface area (TPSA) is 61.4 Å². The number of halogens is 3. The lowest BCUT2D eigenvalue weighted by Gasteiger charge is -2.35. The fourth-order valence-electron chi connectivity index (χ4n) is 3.22. The second-order valence-corrected chi connectivity index (χ2v) is 7.65. The van der Waals surface area contributed by atoms with Crippen LogP contribution in [0.2, 0.25) is 0 Å². The number of alkyl halides is 3. The van der Waals surface area contributed by atoms with E-state index >= 15 is 0 Å². The van der Waals surface area contributed by atoms with Crippen molar-refractivity contribution in [1.29, 1.82) is 0 Å². The van der Waals surface area contributed by atoms with Gasteiger partial charge in [-0.3, -0.25) is 0 Å². The van der Waals surface area contributed by atoms with Crippen LogP contribution in [0.4, 0.5) is 29.5 Å². The number of para-hydroxylation sites is 1. The number of carbonyl (C=O) groups excluding carboxylic acids is 1. The van der Waals surface area contributed by atoms with Crippen molar-refractivity contribution in [2.75, 3.05) is 36.4 Å². The second kappa shape index (κ2) is 8.31. The molecule has 1 fully saturated rings. The molecule has 0 saturated carbocycles. The molecule has 0 unspecified atom stereocenters. The van der Waals surface area contributed by atoms with Crippen LogP contribution >= 0.6 is 11.3 Å². The van der Waals surface area contributed by atoms with E-state index in [0.717, 1.165) is 16.6 Å². The molecular weight excluding hydrogens is 415 g/mol. The van der Waals surface area contributed by atoms with Crippen LogP contribution in [-0.2, 0) is 6.18 Å². The van der Waals surface area contributed by atoms with Gasteiger partial charge < -0.3 is 15.1 Å². The van der Waals surface area contributed by atoms with Gasteiger partial charge in [-0.15, -0.1) is 21.5 Å². The largest absolute Gasteiger partial charge is 0.418 e. The fraction of sp³-hybridized carbons (Fsp3) is 0.250. The molecule has 0 spiro atoms. The minimum Gasteiger partial charge on any atom is -0.352 e. The average molecular weight is 433 g/mol. The Morgan fingerprint density at radius 2 is 1.73 bits per heavy atom. The summed E-state index contributed by atoms with van der Waals surface area (Å²) in [4.78, 5) is 17.0. The molecule has 0 radical (unpaired) electrons. The number of hydrogen-bond donors (Lipinski definition) is 1. The highest BCUT2D eigenvalue weighted by Gasteiger charge is 2.34. The van der Waals surface area contributed by atoms with Crippen molar-refractivity contribution in [1.82, 2.24) is 15.1 Å². The van der Waals surface area contributed by atoms with E-state index in [1.807, 2.05) is 34.5 Å². The number of hydrogen-bond acceptors (Lipinski definition) is 5. The van der Waals surface area contributed by atoms with Crippen molar-refractivity contribution in [2.45, 2.75) is 6.18 Å². The predicted octanol–water partition coefficient (Wildman–Crippen LogP) is 4.58. The maximum absolute atomic E-state index is 13.1. The standard InChI is InChI=1S/C20H18F3N5OS/c21-20(22,23)14-4-1-2-5-15(14)24-19(29)28-11-9-27(10-12-28)18-8-7-16(25-26-18)17-6-3-13-30-17/h1-8,13H,9-12H2,(H,24,29). The van der Waals surface area contributed by atoms with Gasteiger partial charge in [0.15, 0.2) is 5.82 Å². The summed E-state index contributed by atoms with van der Waals surface area (Å²) in [6.07, 6.45) is -4.53. The molecule has 30 heavy (non-hydrogen) atoms. The van der Waals surface area contributed by atoms with Crippen molar-refractivity contribution in [3.05, 3.63) is 59.5 Å². The SMILES string of the molecule is O=C(Nc1ccccc1C(F)(F)F)N1CCN(c2ccc(-c3cccs3)nn2)CC1. The number of amides is 2. The summed E-state index contributed by atoms with van der Waals surface area (Å²) in [6, 6.07) is 12.1. The maximum Gasteiger partial charge on any atom is 0.418 e. The van der Waals surface area contributed by atoms with Crippen molar-refractivity contribution in [3.63, 3.8) is 0 Å². The van der Waals surface area contributed by atoms with E-state index in [4.69, 9.17) is 0 Å². The monoisotopic (exact) mass is 433 g/mol. The first kappa shape index (κ1) is 20.1. The van der Waals surface area contributed by atoms with E-state index in [-0.39, 0.29) is 5.69 Å². The molecule has 3 heterocycles. The third kappa shape index (κ3) is 4.38. The number of nitrogens with one attached hydrogen (secondary N) is 1. The second-order valence-electron chi connectivity index (χ2n) is 6.70. The zero-order chi connectivity index (χ0) is 21.1. The molecule has 3 aromatic rings. The summed E-state index contributed by atoms with van der Waals surface area (Å²) >= 11 is 1.59. The van der Waals surface area contributed by atoms with Gasteiger partial charge in [0.2, 0.25) is 0 Å². The first-order valence-corrected chi connectivity index (χ1v) is 10.1. The molecule has 1 saturated heterocycles. The highest BCUT2D eigenvalue weighted by molar-refractivity contribution is 7.13. The number of anilines is 2. The summed E-state index contributed by atoms with van der Waals surface area (Å²) in [6.45, 7) is 1.77. The number of urea groups is 1. The Hall–Kier alpha value is -3.14. The molecule has 1 N–H and O–H groups in total. The smallest absolute Gasteiger partial charge is 0.352 e. The summed E-state index contributed by atoms with van der Waals surface area (Å²) < 4.78 is 39.3. The Bertz CT molecular complexity index is 1000. The molecule has 156 valence electrons. The van der Waals surface area contributed by atoms with E-state index in [9.17, 15) is 18.0 Å². The number of aromatic nitrogens is 2. The summed E-state index contributed by atoms with van der Waals surface area (Å²) in [7, 11) is 0. The maximum atomic E-state index is 13.1. The minimum absolute atomic E-state index is 0.243. The van der Waals surface area contributed by atoms with Gasteiger partial charge in [-0.2, -0.15) is 13.2 Å². The van der Waals surface area contributed by atoms with Crippen LogP contribution in [0.1, 0.15) is 5.56 Å². The Morgan fingerprint density at radius 1 is 0.967 bits per heavy atom. The van der Waals surface area contributed by atoms with E-state index in [2.05, 4.69) is 15.5 Å². The molecular formula is C20H18F3N5OS. The molecule has 0 aliphatic carbocycles. The quantitative estimate of drug-likeness (QED) is 0.657. The van der Waals surface area contributed by atoms with Crippen LogP contribution in [0.25, 0.3) is 10.6 Å². The Morgan fingerprint density at radius 3 is 2.37 bits per heavy atom. The minimum atomic E-state index is -4.53. The summed E-state index contributed by atoms with van der Waals surface area (Å²) in [5.74, 6) is 0.706. The van der Waals surface area contributed by atoms with Crippen LogP contribution in [0.3, 0.4) is 0 Å². The van der Waals surface area contributed by atoms with Crippen molar-refractivity contribution in [2.24, 2.45) is 0 Å². The number of thiophene rings is 1. The van der Waals surface area contributed by atoms with E-state index in [0.29, 0.717) is 32.0 Å². The first-order chi connectivity index (χ1) is 14.4. The van der Waals surface area contributed by atoms with Gasteiger partial charge in [0.1, 0.15) is 5.69 Å². The number of carbonyl (C=O) groups is 1. The third-order valence-electron chi connectivity index (χ3n) is 4.79. The molecule has 2 amide bonds. The fourth-order valence-corrected chi connectivity index (χ4v) is 3.91. The Kier molecular flexibility index (Phi) is 5.58.